The fourth-order valence-electron chi connectivity index (χ4n) is 3.61. The average molecular weight is 449 g/mol. The van der Waals surface area contributed by atoms with Gasteiger partial charge in [0.1, 0.15) is 19.2 Å². The van der Waals surface area contributed by atoms with E-state index in [1.165, 1.54) is 0 Å². The molecule has 1 unspecified atom stereocenters. The summed E-state index contributed by atoms with van der Waals surface area (Å²) in [6.45, 7) is -0.758. The van der Waals surface area contributed by atoms with Crippen molar-refractivity contribution in [1.82, 2.24) is 16.0 Å². The van der Waals surface area contributed by atoms with Crippen LogP contribution in [-0.2, 0) is 19.1 Å². The third kappa shape index (κ3) is 5.89. The topological polar surface area (TPSA) is 134 Å². The van der Waals surface area contributed by atoms with Crippen molar-refractivity contribution in [3.05, 3.63) is 59.7 Å². The summed E-state index contributed by atoms with van der Waals surface area (Å²) in [6.07, 6.45) is 4.11. The molecule has 0 bridgehead atoms. The normalized spacial score (nSPS) is 12.5. The fourth-order valence-corrected chi connectivity index (χ4v) is 3.61. The average Bonchev–Trinajstić information content (AvgIpc) is 3.13. The van der Waals surface area contributed by atoms with Crippen LogP contribution in [0.25, 0.3) is 11.1 Å². The minimum Gasteiger partial charge on any atom is -0.480 e. The molecule has 1 aliphatic rings. The zero-order valence-electron chi connectivity index (χ0n) is 17.7. The van der Waals surface area contributed by atoms with E-state index in [9.17, 15) is 19.2 Å². The number of benzene rings is 2. The molecule has 0 aromatic heterocycles. The first-order valence-corrected chi connectivity index (χ1v) is 10.2. The molecule has 0 aliphatic heterocycles. The number of amides is 3. The number of rotatable bonds is 9. The van der Waals surface area contributed by atoms with Gasteiger partial charge in [-0.1, -0.05) is 48.5 Å². The molecule has 1 aliphatic carbocycles. The molecule has 0 saturated carbocycles. The monoisotopic (exact) mass is 449 g/mol. The van der Waals surface area contributed by atoms with Gasteiger partial charge >= 0.3 is 12.1 Å². The predicted molar refractivity (Wildman–Crippen MR) is 119 cm³/mol. The summed E-state index contributed by atoms with van der Waals surface area (Å²) in [4.78, 5) is 46.7. The molecule has 33 heavy (non-hydrogen) atoms. The van der Waals surface area contributed by atoms with E-state index in [4.69, 9.17) is 16.3 Å². The van der Waals surface area contributed by atoms with Crippen molar-refractivity contribution < 1.29 is 29.0 Å². The first-order chi connectivity index (χ1) is 15.9. The summed E-state index contributed by atoms with van der Waals surface area (Å²) in [5.74, 6) is -0.580. The van der Waals surface area contributed by atoms with Gasteiger partial charge in [0.2, 0.25) is 11.8 Å². The number of aliphatic carboxylic acids is 1. The van der Waals surface area contributed by atoms with Gasteiger partial charge < -0.3 is 25.8 Å². The Balaban J connectivity index is 1.43. The predicted octanol–water partition coefficient (Wildman–Crippen LogP) is 1.23. The number of carbonyl (C=O) groups is 4. The molecule has 2 aromatic rings. The van der Waals surface area contributed by atoms with Gasteiger partial charge in [0.15, 0.2) is 0 Å². The van der Waals surface area contributed by atoms with E-state index in [1.807, 2.05) is 48.5 Å². The number of carboxylic acid groups (broad SMARTS) is 1. The summed E-state index contributed by atoms with van der Waals surface area (Å²) < 4.78 is 5.33. The fraction of sp³-hybridized carbons (Fsp3) is 0.250. The van der Waals surface area contributed by atoms with E-state index in [0.29, 0.717) is 0 Å². The minimum atomic E-state index is -1.27. The minimum absolute atomic E-state index is 0.106. The summed E-state index contributed by atoms with van der Waals surface area (Å²) in [5.41, 5.74) is 4.35. The number of terminal acetylenes is 1. The van der Waals surface area contributed by atoms with Crippen molar-refractivity contribution in [2.45, 2.75) is 18.4 Å². The summed E-state index contributed by atoms with van der Waals surface area (Å²) in [6, 6.07) is 14.6. The molecule has 0 heterocycles. The van der Waals surface area contributed by atoms with Gasteiger partial charge in [0, 0.05) is 12.3 Å². The van der Waals surface area contributed by atoms with Crippen molar-refractivity contribution in [2.24, 2.45) is 0 Å². The quantitative estimate of drug-likeness (QED) is 0.426. The highest BCUT2D eigenvalue weighted by Crippen LogP contribution is 2.44. The van der Waals surface area contributed by atoms with Crippen molar-refractivity contribution in [3.8, 4) is 23.5 Å². The number of hydrogen-bond acceptors (Lipinski definition) is 5. The zero-order valence-corrected chi connectivity index (χ0v) is 17.7. The number of ether oxygens (including phenoxy) is 1. The van der Waals surface area contributed by atoms with Crippen LogP contribution >= 0.6 is 0 Å². The summed E-state index contributed by atoms with van der Waals surface area (Å²) >= 11 is 0. The van der Waals surface area contributed by atoms with Gasteiger partial charge in [-0.25, -0.2) is 9.59 Å². The molecular weight excluding hydrogens is 426 g/mol. The Labute approximate surface area is 190 Å². The van der Waals surface area contributed by atoms with E-state index in [-0.39, 0.29) is 18.9 Å². The third-order valence-corrected chi connectivity index (χ3v) is 5.14. The van der Waals surface area contributed by atoms with Gasteiger partial charge in [-0.15, -0.1) is 12.3 Å². The van der Waals surface area contributed by atoms with E-state index >= 15 is 0 Å². The van der Waals surface area contributed by atoms with E-state index in [0.717, 1.165) is 22.3 Å². The first kappa shape index (κ1) is 23.3. The Morgan fingerprint density at radius 1 is 0.939 bits per heavy atom. The molecule has 3 amide bonds. The summed E-state index contributed by atoms with van der Waals surface area (Å²) in [7, 11) is 0. The van der Waals surface area contributed by atoms with Crippen LogP contribution in [0.1, 0.15) is 23.5 Å². The maximum absolute atomic E-state index is 12.1. The standard InChI is InChI=1S/C24H23N3O6/c1-2-7-20(23(30)31)27-22(29)13-25-21(28)12-26-24(32)33-14-19-17-10-5-3-8-15(17)16-9-4-6-11-18(16)19/h1,3-6,8-11,19-20H,7,12-14H2,(H,25,28)(H,26,32)(H,27,29)(H,30,31). The van der Waals surface area contributed by atoms with Crippen molar-refractivity contribution in [2.75, 3.05) is 19.7 Å². The Morgan fingerprint density at radius 2 is 1.52 bits per heavy atom. The van der Waals surface area contributed by atoms with E-state index in [2.05, 4.69) is 21.9 Å². The second-order valence-corrected chi connectivity index (χ2v) is 7.32. The molecule has 0 saturated heterocycles. The van der Waals surface area contributed by atoms with E-state index < -0.39 is 43.0 Å². The van der Waals surface area contributed by atoms with Crippen molar-refractivity contribution >= 4 is 23.9 Å². The molecule has 4 N–H and O–H groups in total. The van der Waals surface area contributed by atoms with Gasteiger partial charge in [0.25, 0.3) is 0 Å². The number of hydrogen-bond donors (Lipinski definition) is 4. The van der Waals surface area contributed by atoms with Crippen LogP contribution in [0.5, 0.6) is 0 Å². The lowest BCUT2D eigenvalue weighted by atomic mass is 9.98. The lowest BCUT2D eigenvalue weighted by molar-refractivity contribution is -0.141. The van der Waals surface area contributed by atoms with Gasteiger partial charge in [-0.05, 0) is 22.3 Å². The highest BCUT2D eigenvalue weighted by molar-refractivity contribution is 5.89. The van der Waals surface area contributed by atoms with Crippen molar-refractivity contribution in [3.63, 3.8) is 0 Å². The third-order valence-electron chi connectivity index (χ3n) is 5.14. The van der Waals surface area contributed by atoms with Crippen LogP contribution in [-0.4, -0.2) is 54.7 Å². The molecule has 9 heteroatoms. The Bertz CT molecular complexity index is 1060. The highest BCUT2D eigenvalue weighted by atomic mass is 16.5. The molecule has 0 radical (unpaired) electrons. The van der Waals surface area contributed by atoms with Crippen molar-refractivity contribution in [1.29, 1.82) is 0 Å². The highest BCUT2D eigenvalue weighted by Gasteiger charge is 2.29. The molecule has 3 rings (SSSR count). The molecule has 0 fully saturated rings. The molecule has 2 aromatic carbocycles. The summed E-state index contributed by atoms with van der Waals surface area (Å²) in [5, 5.41) is 15.8. The molecule has 1 atom stereocenters. The SMILES string of the molecule is C#CCC(NC(=O)CNC(=O)CNC(=O)OCC1c2ccccc2-c2ccccc21)C(=O)O. The maximum atomic E-state index is 12.1. The van der Waals surface area contributed by atoms with Crippen LogP contribution in [0.4, 0.5) is 4.79 Å². The number of fused-ring (bicyclic) bond motifs is 3. The van der Waals surface area contributed by atoms with Crippen LogP contribution in [0.2, 0.25) is 0 Å². The largest absolute Gasteiger partial charge is 0.480 e. The smallest absolute Gasteiger partial charge is 0.407 e. The second kappa shape index (κ2) is 10.8. The Hall–Kier alpha value is -4.32. The molecule has 9 nitrogen and oxygen atoms in total. The number of carbonyl (C=O) groups excluding carboxylic acids is 3. The lowest BCUT2D eigenvalue weighted by Gasteiger charge is -2.15. The maximum Gasteiger partial charge on any atom is 0.407 e. The first-order valence-electron chi connectivity index (χ1n) is 10.2. The lowest BCUT2D eigenvalue weighted by Crippen LogP contribution is -2.47. The zero-order chi connectivity index (χ0) is 23.8. The molecular formula is C24H23N3O6. The van der Waals surface area contributed by atoms with Gasteiger partial charge in [0.05, 0.1) is 6.54 Å². The van der Waals surface area contributed by atoms with Crippen LogP contribution < -0.4 is 16.0 Å². The number of carboxylic acids is 1. The molecule has 0 spiro atoms. The Kier molecular flexibility index (Phi) is 7.65. The second-order valence-electron chi connectivity index (χ2n) is 7.32. The van der Waals surface area contributed by atoms with E-state index in [1.54, 1.807) is 0 Å². The molecule has 170 valence electrons. The Morgan fingerprint density at radius 3 is 2.09 bits per heavy atom. The number of alkyl carbamates (subject to hydrolysis) is 1. The van der Waals surface area contributed by atoms with Crippen LogP contribution in [0, 0.1) is 12.3 Å². The van der Waals surface area contributed by atoms with Crippen LogP contribution in [0.3, 0.4) is 0 Å². The number of nitrogens with one attached hydrogen (secondary N) is 3. The van der Waals surface area contributed by atoms with Gasteiger partial charge in [-0.3, -0.25) is 9.59 Å². The van der Waals surface area contributed by atoms with Gasteiger partial charge in [-0.2, -0.15) is 0 Å². The van der Waals surface area contributed by atoms with Crippen LogP contribution in [0.15, 0.2) is 48.5 Å².